The van der Waals surface area contributed by atoms with Crippen molar-refractivity contribution < 1.29 is 9.31 Å². The van der Waals surface area contributed by atoms with Crippen molar-refractivity contribution in [3.63, 3.8) is 0 Å². The summed E-state index contributed by atoms with van der Waals surface area (Å²) in [5.74, 6) is 1.39. The molecule has 3 saturated carbocycles. The summed E-state index contributed by atoms with van der Waals surface area (Å²) in [6.07, 6.45) is 5.19. The quantitative estimate of drug-likeness (QED) is 0.443. The Morgan fingerprint density at radius 2 is 2.17 bits per heavy atom. The number of hydrogen-bond donors (Lipinski definition) is 0. The predicted octanol–water partition coefficient (Wildman–Crippen LogP) is 3.44. The van der Waals surface area contributed by atoms with E-state index in [0.717, 1.165) is 18.8 Å². The van der Waals surface area contributed by atoms with Gasteiger partial charge in [0, 0.05) is 0 Å². The Hall–Kier alpha value is 0.0149. The van der Waals surface area contributed by atoms with Gasteiger partial charge in [-0.3, -0.25) is 0 Å². The van der Waals surface area contributed by atoms with Crippen LogP contribution in [0.5, 0.6) is 0 Å². The summed E-state index contributed by atoms with van der Waals surface area (Å²) in [5, 5.41) is -0.120. The van der Waals surface area contributed by atoms with Crippen LogP contribution in [0.2, 0.25) is 0 Å². The summed E-state index contributed by atoms with van der Waals surface area (Å²) in [7, 11) is -0.269. The van der Waals surface area contributed by atoms with Crippen molar-refractivity contribution >= 4 is 18.7 Å². The SMILES string of the molecule is C=CCC(Cl)B1OC2CC3CC(C3(C)C)C2(C)O1. The second kappa shape index (κ2) is 4.00. The average molecular weight is 269 g/mol. The normalized spacial score (nSPS) is 46.2. The Morgan fingerprint density at radius 3 is 2.78 bits per heavy atom. The van der Waals surface area contributed by atoms with E-state index in [9.17, 15) is 0 Å². The molecule has 4 fully saturated rings. The van der Waals surface area contributed by atoms with Crippen LogP contribution < -0.4 is 0 Å². The predicted molar refractivity (Wildman–Crippen MR) is 74.6 cm³/mol. The van der Waals surface area contributed by atoms with E-state index in [1.807, 2.05) is 6.08 Å². The van der Waals surface area contributed by atoms with Crippen LogP contribution in [0.15, 0.2) is 12.7 Å². The fraction of sp³-hybridized carbons (Fsp3) is 0.857. The van der Waals surface area contributed by atoms with E-state index in [1.54, 1.807) is 0 Å². The summed E-state index contributed by atoms with van der Waals surface area (Å²) in [6.45, 7) is 10.7. The molecule has 18 heavy (non-hydrogen) atoms. The van der Waals surface area contributed by atoms with E-state index in [-0.39, 0.29) is 24.1 Å². The molecule has 5 atom stereocenters. The molecule has 0 aromatic carbocycles. The number of alkyl halides is 1. The minimum atomic E-state index is -0.269. The van der Waals surface area contributed by atoms with Gasteiger partial charge in [0.05, 0.1) is 17.0 Å². The van der Waals surface area contributed by atoms with Gasteiger partial charge in [0.15, 0.2) is 0 Å². The molecule has 0 aromatic heterocycles. The van der Waals surface area contributed by atoms with Gasteiger partial charge in [-0.25, -0.2) is 0 Å². The van der Waals surface area contributed by atoms with Crippen LogP contribution in [0.25, 0.3) is 0 Å². The summed E-state index contributed by atoms with van der Waals surface area (Å²) in [4.78, 5) is 0. The van der Waals surface area contributed by atoms with Gasteiger partial charge in [-0.1, -0.05) is 19.9 Å². The number of rotatable bonds is 3. The lowest BCUT2D eigenvalue weighted by molar-refractivity contribution is -0.199. The highest BCUT2D eigenvalue weighted by molar-refractivity contribution is 6.59. The Bertz CT molecular complexity index is 373. The zero-order chi connectivity index (χ0) is 13.1. The van der Waals surface area contributed by atoms with Crippen LogP contribution >= 0.6 is 11.6 Å². The minimum Gasteiger partial charge on any atom is -0.404 e. The average Bonchev–Trinajstić information content (AvgIpc) is 2.65. The minimum absolute atomic E-state index is 0.120. The van der Waals surface area contributed by atoms with Crippen molar-refractivity contribution in [1.29, 1.82) is 0 Å². The topological polar surface area (TPSA) is 18.5 Å². The Balaban J connectivity index is 1.78. The second-order valence-corrected chi connectivity index (χ2v) is 7.44. The largest absolute Gasteiger partial charge is 0.477 e. The third kappa shape index (κ3) is 1.57. The standard InChI is InChI=1S/C14H22BClO2/c1-5-6-12(16)15-17-11-8-9-7-10(13(9,2)3)14(11,4)18-15/h5,9-12H,1,6-8H2,2-4H3. The zero-order valence-corrected chi connectivity index (χ0v) is 12.2. The molecule has 5 unspecified atom stereocenters. The van der Waals surface area contributed by atoms with Crippen LogP contribution in [0, 0.1) is 17.3 Å². The maximum atomic E-state index is 6.33. The molecule has 1 aliphatic heterocycles. The number of allylic oxidation sites excluding steroid dienone is 1. The maximum absolute atomic E-state index is 6.33. The number of hydrogen-bond acceptors (Lipinski definition) is 2. The van der Waals surface area contributed by atoms with Crippen molar-refractivity contribution in [2.45, 2.75) is 57.0 Å². The lowest BCUT2D eigenvalue weighted by atomic mass is 9.43. The van der Waals surface area contributed by atoms with Gasteiger partial charge in [-0.2, -0.15) is 0 Å². The van der Waals surface area contributed by atoms with Crippen molar-refractivity contribution in [2.24, 2.45) is 17.3 Å². The van der Waals surface area contributed by atoms with Gasteiger partial charge in [0.25, 0.3) is 0 Å². The van der Waals surface area contributed by atoms with Gasteiger partial charge in [0.1, 0.15) is 0 Å². The van der Waals surface area contributed by atoms with E-state index < -0.39 is 0 Å². The van der Waals surface area contributed by atoms with Crippen molar-refractivity contribution in [3.05, 3.63) is 12.7 Å². The van der Waals surface area contributed by atoms with Crippen LogP contribution in [0.4, 0.5) is 0 Å². The molecule has 0 radical (unpaired) electrons. The summed E-state index contributed by atoms with van der Waals surface area (Å²) >= 11 is 6.33. The molecule has 100 valence electrons. The fourth-order valence-corrected chi connectivity index (χ4v) is 4.56. The molecule has 2 bridgehead atoms. The van der Waals surface area contributed by atoms with Gasteiger partial charge in [-0.15, -0.1) is 18.2 Å². The molecule has 0 N–H and O–H groups in total. The molecule has 3 aliphatic carbocycles. The van der Waals surface area contributed by atoms with Crippen LogP contribution in [0.1, 0.15) is 40.0 Å². The first-order chi connectivity index (χ1) is 8.39. The Kier molecular flexibility index (Phi) is 2.90. The molecule has 1 heterocycles. The molecular formula is C14H22BClO2. The van der Waals surface area contributed by atoms with E-state index in [4.69, 9.17) is 20.9 Å². The third-order valence-electron chi connectivity index (χ3n) is 5.66. The third-order valence-corrected chi connectivity index (χ3v) is 6.04. The summed E-state index contributed by atoms with van der Waals surface area (Å²) in [5.41, 5.74) is 0.251. The lowest BCUT2D eigenvalue weighted by Crippen LogP contribution is -2.65. The van der Waals surface area contributed by atoms with E-state index in [2.05, 4.69) is 27.4 Å². The molecular weight excluding hydrogens is 246 g/mol. The van der Waals surface area contributed by atoms with E-state index >= 15 is 0 Å². The monoisotopic (exact) mass is 268 g/mol. The molecule has 4 rings (SSSR count). The first kappa shape index (κ1) is 13.0. The van der Waals surface area contributed by atoms with Crippen molar-refractivity contribution in [1.82, 2.24) is 0 Å². The van der Waals surface area contributed by atoms with Gasteiger partial charge in [0.2, 0.25) is 0 Å². The van der Waals surface area contributed by atoms with Gasteiger partial charge >= 0.3 is 7.12 Å². The molecule has 4 aliphatic rings. The van der Waals surface area contributed by atoms with Crippen molar-refractivity contribution in [2.75, 3.05) is 0 Å². The van der Waals surface area contributed by atoms with Gasteiger partial charge in [-0.05, 0) is 43.4 Å². The van der Waals surface area contributed by atoms with E-state index in [0.29, 0.717) is 11.3 Å². The van der Waals surface area contributed by atoms with Gasteiger partial charge < -0.3 is 9.31 Å². The van der Waals surface area contributed by atoms with Crippen molar-refractivity contribution in [3.8, 4) is 0 Å². The fourth-order valence-electron chi connectivity index (χ4n) is 4.32. The van der Waals surface area contributed by atoms with E-state index in [1.165, 1.54) is 6.42 Å². The van der Waals surface area contributed by atoms with Crippen LogP contribution in [-0.4, -0.2) is 24.1 Å². The molecule has 1 saturated heterocycles. The zero-order valence-electron chi connectivity index (χ0n) is 11.5. The Labute approximate surface area is 115 Å². The van der Waals surface area contributed by atoms with Crippen LogP contribution in [-0.2, 0) is 9.31 Å². The highest BCUT2D eigenvalue weighted by Crippen LogP contribution is 2.65. The number of halogens is 1. The molecule has 4 heteroatoms. The highest BCUT2D eigenvalue weighted by atomic mass is 35.5. The summed E-state index contributed by atoms with van der Waals surface area (Å²) in [6, 6.07) is 0. The smallest absolute Gasteiger partial charge is 0.404 e. The molecule has 0 amide bonds. The summed E-state index contributed by atoms with van der Waals surface area (Å²) < 4.78 is 12.3. The molecule has 2 nitrogen and oxygen atoms in total. The molecule has 0 spiro atoms. The highest BCUT2D eigenvalue weighted by Gasteiger charge is 2.68. The first-order valence-electron chi connectivity index (χ1n) is 6.98. The molecule has 0 aromatic rings. The maximum Gasteiger partial charge on any atom is 0.477 e. The second-order valence-electron chi connectivity index (χ2n) is 6.88. The lowest BCUT2D eigenvalue weighted by Gasteiger charge is -2.64. The first-order valence-corrected chi connectivity index (χ1v) is 7.41. The Morgan fingerprint density at radius 1 is 1.44 bits per heavy atom. The van der Waals surface area contributed by atoms with Crippen LogP contribution in [0.3, 0.4) is 0 Å².